The number of methoxy groups -OCH3 is 1. The summed E-state index contributed by atoms with van der Waals surface area (Å²) in [5.74, 6) is 0.388. The van der Waals surface area contributed by atoms with Gasteiger partial charge in [0.25, 0.3) is 0 Å². The number of oxazole rings is 1. The second kappa shape index (κ2) is 5.06. The van der Waals surface area contributed by atoms with Crippen molar-refractivity contribution >= 4 is 22.7 Å². The van der Waals surface area contributed by atoms with Crippen LogP contribution in [0, 0.1) is 0 Å². The summed E-state index contributed by atoms with van der Waals surface area (Å²) in [6.45, 7) is 0.427. The van der Waals surface area contributed by atoms with Crippen LogP contribution in [0.25, 0.3) is 11.1 Å². The molecule has 1 aromatic heterocycles. The van der Waals surface area contributed by atoms with Gasteiger partial charge < -0.3 is 9.15 Å². The molecule has 5 heteroatoms. The highest BCUT2D eigenvalue weighted by atomic mass is 35.5. The summed E-state index contributed by atoms with van der Waals surface area (Å²) < 4.78 is 11.9. The first-order valence-electron chi connectivity index (χ1n) is 6.09. The lowest BCUT2D eigenvalue weighted by molar-refractivity contribution is 0.414. The molecule has 0 N–H and O–H groups in total. The molecular weight excluding hydrogens is 278 g/mol. The number of fused-ring (bicyclic) bond motifs is 1. The van der Waals surface area contributed by atoms with Crippen LogP contribution in [0.15, 0.2) is 51.7 Å². The van der Waals surface area contributed by atoms with Gasteiger partial charge in [0.2, 0.25) is 0 Å². The summed E-state index contributed by atoms with van der Waals surface area (Å²) in [5, 5.41) is 0.571. The SMILES string of the molecule is COc1ccc(Cn2c(=O)oc3ccc(Cl)cc32)cc1. The maximum Gasteiger partial charge on any atom is 0.420 e. The van der Waals surface area contributed by atoms with E-state index in [1.807, 2.05) is 24.3 Å². The molecule has 2 aromatic carbocycles. The third-order valence-corrected chi connectivity index (χ3v) is 3.36. The van der Waals surface area contributed by atoms with Gasteiger partial charge in [0, 0.05) is 5.02 Å². The molecule has 102 valence electrons. The molecule has 0 fully saturated rings. The molecule has 20 heavy (non-hydrogen) atoms. The summed E-state index contributed by atoms with van der Waals surface area (Å²) in [6, 6.07) is 12.7. The van der Waals surface area contributed by atoms with Gasteiger partial charge in [-0.2, -0.15) is 0 Å². The Hall–Kier alpha value is -2.20. The Labute approximate surface area is 120 Å². The van der Waals surface area contributed by atoms with Crippen LogP contribution in [0.2, 0.25) is 5.02 Å². The molecule has 3 rings (SSSR count). The Bertz CT molecular complexity index is 802. The molecule has 1 heterocycles. The number of benzene rings is 2. The van der Waals surface area contributed by atoms with Crippen molar-refractivity contribution in [2.75, 3.05) is 7.11 Å². The smallest absolute Gasteiger partial charge is 0.420 e. The number of hydrogen-bond acceptors (Lipinski definition) is 3. The van der Waals surface area contributed by atoms with Crippen LogP contribution in [-0.4, -0.2) is 11.7 Å². The van der Waals surface area contributed by atoms with E-state index in [-0.39, 0.29) is 0 Å². The van der Waals surface area contributed by atoms with Gasteiger partial charge in [-0.05, 0) is 35.9 Å². The number of ether oxygens (including phenoxy) is 1. The van der Waals surface area contributed by atoms with Crippen molar-refractivity contribution in [3.8, 4) is 5.75 Å². The molecule has 0 spiro atoms. The van der Waals surface area contributed by atoms with E-state index in [9.17, 15) is 4.79 Å². The topological polar surface area (TPSA) is 44.4 Å². The number of nitrogens with zero attached hydrogens (tertiary/aromatic N) is 1. The van der Waals surface area contributed by atoms with Gasteiger partial charge >= 0.3 is 5.76 Å². The highest BCUT2D eigenvalue weighted by molar-refractivity contribution is 6.31. The van der Waals surface area contributed by atoms with Gasteiger partial charge in [-0.25, -0.2) is 4.79 Å². The summed E-state index contributed by atoms with van der Waals surface area (Å²) in [6.07, 6.45) is 0. The van der Waals surface area contributed by atoms with Crippen LogP contribution < -0.4 is 10.5 Å². The van der Waals surface area contributed by atoms with Gasteiger partial charge in [0.15, 0.2) is 5.58 Å². The molecule has 0 aliphatic carbocycles. The van der Waals surface area contributed by atoms with Gasteiger partial charge in [-0.3, -0.25) is 4.57 Å². The first-order valence-corrected chi connectivity index (χ1v) is 6.47. The lowest BCUT2D eigenvalue weighted by Gasteiger charge is -2.04. The fourth-order valence-corrected chi connectivity index (χ4v) is 2.26. The van der Waals surface area contributed by atoms with E-state index in [0.29, 0.717) is 22.7 Å². The first kappa shape index (κ1) is 12.8. The molecule has 0 saturated carbocycles. The van der Waals surface area contributed by atoms with E-state index in [1.54, 1.807) is 29.9 Å². The predicted octanol–water partition coefficient (Wildman–Crippen LogP) is 3.30. The van der Waals surface area contributed by atoms with Crippen LogP contribution >= 0.6 is 11.6 Å². The zero-order valence-corrected chi connectivity index (χ0v) is 11.6. The fraction of sp³-hybridized carbons (Fsp3) is 0.133. The molecule has 4 nitrogen and oxygen atoms in total. The van der Waals surface area contributed by atoms with Crippen molar-refractivity contribution in [1.82, 2.24) is 4.57 Å². The normalized spacial score (nSPS) is 10.9. The molecule has 0 bridgehead atoms. The van der Waals surface area contributed by atoms with E-state index < -0.39 is 5.76 Å². The lowest BCUT2D eigenvalue weighted by atomic mass is 10.2. The molecule has 0 aliphatic rings. The average Bonchev–Trinajstić information content (AvgIpc) is 2.76. The predicted molar refractivity (Wildman–Crippen MR) is 77.6 cm³/mol. The zero-order valence-electron chi connectivity index (χ0n) is 10.8. The van der Waals surface area contributed by atoms with Crippen LogP contribution in [0.3, 0.4) is 0 Å². The van der Waals surface area contributed by atoms with Gasteiger partial charge in [0.05, 0.1) is 19.2 Å². The minimum absolute atomic E-state index is 0.391. The Morgan fingerprint density at radius 2 is 1.95 bits per heavy atom. The van der Waals surface area contributed by atoms with Crippen molar-refractivity contribution in [1.29, 1.82) is 0 Å². The number of rotatable bonds is 3. The van der Waals surface area contributed by atoms with Crippen molar-refractivity contribution in [3.05, 3.63) is 63.6 Å². The molecule has 0 atom stereocenters. The lowest BCUT2D eigenvalue weighted by Crippen LogP contribution is -2.14. The van der Waals surface area contributed by atoms with Crippen LogP contribution in [0.5, 0.6) is 5.75 Å². The van der Waals surface area contributed by atoms with E-state index in [4.69, 9.17) is 20.8 Å². The van der Waals surface area contributed by atoms with Gasteiger partial charge in [-0.1, -0.05) is 23.7 Å². The minimum atomic E-state index is -0.391. The second-order valence-corrected chi connectivity index (χ2v) is 4.85. The molecule has 0 unspecified atom stereocenters. The maximum atomic E-state index is 11.9. The summed E-state index contributed by atoms with van der Waals surface area (Å²) in [5.41, 5.74) is 2.21. The quantitative estimate of drug-likeness (QED) is 0.743. The van der Waals surface area contributed by atoms with E-state index >= 15 is 0 Å². The number of halogens is 1. The summed E-state index contributed by atoms with van der Waals surface area (Å²) in [4.78, 5) is 11.9. The van der Waals surface area contributed by atoms with Crippen molar-refractivity contribution in [2.45, 2.75) is 6.54 Å². The standard InChI is InChI=1S/C15H12ClNO3/c1-19-12-5-2-10(3-6-12)9-17-13-8-11(16)4-7-14(13)20-15(17)18/h2-8H,9H2,1H3. The highest BCUT2D eigenvalue weighted by Crippen LogP contribution is 2.20. The molecule has 0 radical (unpaired) electrons. The van der Waals surface area contributed by atoms with Crippen molar-refractivity contribution in [3.63, 3.8) is 0 Å². The summed E-state index contributed by atoms with van der Waals surface area (Å²) >= 11 is 5.97. The van der Waals surface area contributed by atoms with Crippen molar-refractivity contribution in [2.24, 2.45) is 0 Å². The maximum absolute atomic E-state index is 11.9. The third-order valence-electron chi connectivity index (χ3n) is 3.13. The Kier molecular flexibility index (Phi) is 3.24. The summed E-state index contributed by atoms with van der Waals surface area (Å²) in [7, 11) is 1.62. The number of aromatic nitrogens is 1. The minimum Gasteiger partial charge on any atom is -0.497 e. The molecular formula is C15H12ClNO3. The molecule has 0 amide bonds. The molecule has 0 saturated heterocycles. The fourth-order valence-electron chi connectivity index (χ4n) is 2.10. The monoisotopic (exact) mass is 289 g/mol. The van der Waals surface area contributed by atoms with E-state index in [1.165, 1.54) is 0 Å². The highest BCUT2D eigenvalue weighted by Gasteiger charge is 2.10. The molecule has 0 aliphatic heterocycles. The Balaban J connectivity index is 2.03. The van der Waals surface area contributed by atoms with Crippen LogP contribution in [0.1, 0.15) is 5.56 Å². The Morgan fingerprint density at radius 3 is 2.65 bits per heavy atom. The van der Waals surface area contributed by atoms with Crippen LogP contribution in [0.4, 0.5) is 0 Å². The number of hydrogen-bond donors (Lipinski definition) is 0. The van der Waals surface area contributed by atoms with Gasteiger partial charge in [0.1, 0.15) is 5.75 Å². The molecule has 3 aromatic rings. The third kappa shape index (κ3) is 2.30. The van der Waals surface area contributed by atoms with Gasteiger partial charge in [-0.15, -0.1) is 0 Å². The zero-order chi connectivity index (χ0) is 14.1. The average molecular weight is 290 g/mol. The Morgan fingerprint density at radius 1 is 1.20 bits per heavy atom. The van der Waals surface area contributed by atoms with E-state index in [0.717, 1.165) is 11.3 Å². The second-order valence-electron chi connectivity index (χ2n) is 4.41. The van der Waals surface area contributed by atoms with Crippen molar-refractivity contribution < 1.29 is 9.15 Å². The first-order chi connectivity index (χ1) is 9.67. The van der Waals surface area contributed by atoms with Crippen LogP contribution in [-0.2, 0) is 6.54 Å². The largest absolute Gasteiger partial charge is 0.497 e. The van der Waals surface area contributed by atoms with E-state index in [2.05, 4.69) is 0 Å².